The zero-order chi connectivity index (χ0) is 28.7. The van der Waals surface area contributed by atoms with E-state index >= 15 is 0 Å². The number of allylic oxidation sites excluding steroid dienone is 2. The minimum Gasteiger partial charge on any atom is -0.378 e. The highest BCUT2D eigenvalue weighted by Gasteiger charge is 2.32. The Morgan fingerprint density at radius 3 is 2.22 bits per heavy atom. The van der Waals surface area contributed by atoms with Gasteiger partial charge in [-0.25, -0.2) is 4.99 Å². The van der Waals surface area contributed by atoms with Gasteiger partial charge in [0.05, 0.1) is 16.3 Å². The molecule has 0 saturated heterocycles. The van der Waals surface area contributed by atoms with E-state index in [-0.39, 0.29) is 11.6 Å². The first kappa shape index (κ1) is 27.5. The summed E-state index contributed by atoms with van der Waals surface area (Å²) in [6.07, 6.45) is 7.18. The molecule has 1 aromatic heterocycles. The van der Waals surface area contributed by atoms with Gasteiger partial charge in [-0.2, -0.15) is 0 Å². The van der Waals surface area contributed by atoms with Crippen LogP contribution in [0.15, 0.2) is 104 Å². The molecule has 0 amide bonds. The van der Waals surface area contributed by atoms with Crippen LogP contribution in [0, 0.1) is 0 Å². The second-order valence-electron chi connectivity index (χ2n) is 11.0. The molecule has 2 heterocycles. The summed E-state index contributed by atoms with van der Waals surface area (Å²) in [4.78, 5) is 24.2. The van der Waals surface area contributed by atoms with Gasteiger partial charge in [0.2, 0.25) is 0 Å². The third kappa shape index (κ3) is 5.48. The first-order chi connectivity index (χ1) is 19.8. The third-order valence-corrected chi connectivity index (χ3v) is 9.23. The maximum atomic E-state index is 14.0. The van der Waals surface area contributed by atoms with Crippen LogP contribution in [0.3, 0.4) is 0 Å². The lowest BCUT2D eigenvalue weighted by Crippen LogP contribution is -2.39. The van der Waals surface area contributed by atoms with Crippen LogP contribution >= 0.6 is 27.3 Å². The molecule has 208 valence electrons. The Labute approximate surface area is 253 Å². The van der Waals surface area contributed by atoms with Gasteiger partial charge in [-0.05, 0) is 95.6 Å². The lowest BCUT2D eigenvalue weighted by molar-refractivity contribution is 0.553. The fourth-order valence-electron chi connectivity index (χ4n) is 5.63. The maximum Gasteiger partial charge on any atom is 0.271 e. The van der Waals surface area contributed by atoms with E-state index in [1.807, 2.05) is 49.0 Å². The summed E-state index contributed by atoms with van der Waals surface area (Å²) < 4.78 is 3.61. The van der Waals surface area contributed by atoms with Crippen molar-refractivity contribution in [3.05, 3.63) is 130 Å². The topological polar surface area (TPSA) is 40.8 Å². The molecule has 6 rings (SSSR count). The van der Waals surface area contributed by atoms with Crippen molar-refractivity contribution in [3.8, 4) is 0 Å². The van der Waals surface area contributed by atoms with E-state index in [9.17, 15) is 4.79 Å². The van der Waals surface area contributed by atoms with Crippen molar-refractivity contribution < 1.29 is 0 Å². The summed E-state index contributed by atoms with van der Waals surface area (Å²) in [5, 5.41) is 0. The van der Waals surface area contributed by atoms with Crippen LogP contribution in [-0.4, -0.2) is 32.8 Å². The molecule has 0 unspecified atom stereocenters. The molecule has 0 bridgehead atoms. The number of hydrogen-bond donors (Lipinski definition) is 0. The Kier molecular flexibility index (Phi) is 7.58. The van der Waals surface area contributed by atoms with Gasteiger partial charge in [-0.15, -0.1) is 0 Å². The average molecular weight is 626 g/mol. The molecule has 7 heteroatoms. The Hall–Kier alpha value is -3.68. The van der Waals surface area contributed by atoms with Crippen molar-refractivity contribution in [2.45, 2.75) is 25.3 Å². The second kappa shape index (κ2) is 11.3. The molecule has 5 nitrogen and oxygen atoms in total. The third-order valence-electron chi connectivity index (χ3n) is 7.76. The molecule has 1 aliphatic heterocycles. The van der Waals surface area contributed by atoms with Crippen molar-refractivity contribution >= 4 is 50.8 Å². The van der Waals surface area contributed by atoms with E-state index in [2.05, 4.69) is 94.4 Å². The van der Waals surface area contributed by atoms with Gasteiger partial charge in [0.1, 0.15) is 0 Å². The Balaban J connectivity index is 1.53. The fourth-order valence-corrected chi connectivity index (χ4v) is 7.05. The molecule has 0 saturated carbocycles. The first-order valence-electron chi connectivity index (χ1n) is 13.8. The summed E-state index contributed by atoms with van der Waals surface area (Å²) in [7, 11) is 8.20. The van der Waals surface area contributed by atoms with Crippen LogP contribution in [0.1, 0.15) is 42.0 Å². The standard InChI is InChI=1S/C34H33BrN4OS/c1-37(2)27-15-11-22(12-16-27)19-25-8-6-10-29-31(25)36-34-39(32(29)24-13-17-28(18-14-24)38(3)4)33(40)30(41-34)21-23-7-5-9-26(35)20-23/h5,7,9,11-21,32H,6,8,10H2,1-4H3/b25-19+,30-21+/t32-/m0/s1. The summed E-state index contributed by atoms with van der Waals surface area (Å²) in [6, 6.07) is 25.1. The molecule has 0 radical (unpaired) electrons. The minimum atomic E-state index is -0.179. The number of benzene rings is 3. The van der Waals surface area contributed by atoms with E-state index in [1.54, 1.807) is 0 Å². The number of hydrogen-bond acceptors (Lipinski definition) is 5. The van der Waals surface area contributed by atoms with E-state index in [1.165, 1.54) is 33.7 Å². The summed E-state index contributed by atoms with van der Waals surface area (Å²) >= 11 is 5.03. The Morgan fingerprint density at radius 1 is 0.878 bits per heavy atom. The van der Waals surface area contributed by atoms with E-state index in [4.69, 9.17) is 4.99 Å². The van der Waals surface area contributed by atoms with Crippen LogP contribution in [0.2, 0.25) is 0 Å². The lowest BCUT2D eigenvalue weighted by atomic mass is 9.83. The van der Waals surface area contributed by atoms with Crippen LogP contribution in [0.5, 0.6) is 0 Å². The predicted octanol–water partition coefficient (Wildman–Crippen LogP) is 6.38. The van der Waals surface area contributed by atoms with Crippen molar-refractivity contribution in [1.29, 1.82) is 0 Å². The highest BCUT2D eigenvalue weighted by atomic mass is 79.9. The number of thiazole rings is 1. The number of aromatic nitrogens is 1. The van der Waals surface area contributed by atoms with Crippen LogP contribution in [-0.2, 0) is 0 Å². The molecule has 0 spiro atoms. The normalized spacial score (nSPS) is 17.7. The van der Waals surface area contributed by atoms with Gasteiger partial charge in [-0.1, -0.05) is 63.7 Å². The van der Waals surface area contributed by atoms with Crippen molar-refractivity contribution in [3.63, 3.8) is 0 Å². The summed E-state index contributed by atoms with van der Waals surface area (Å²) in [5.41, 5.74) is 9.11. The highest BCUT2D eigenvalue weighted by molar-refractivity contribution is 9.10. The Bertz CT molecular complexity index is 1840. The predicted molar refractivity (Wildman–Crippen MR) is 176 cm³/mol. The molecular formula is C34H33BrN4OS. The van der Waals surface area contributed by atoms with Gasteiger partial charge in [0.25, 0.3) is 5.56 Å². The van der Waals surface area contributed by atoms with Gasteiger partial charge in [0, 0.05) is 44.0 Å². The molecule has 0 N–H and O–H groups in total. The number of halogens is 1. The highest BCUT2D eigenvalue weighted by Crippen LogP contribution is 2.41. The molecule has 1 atom stereocenters. The summed E-state index contributed by atoms with van der Waals surface area (Å²) in [5.74, 6) is 0. The summed E-state index contributed by atoms with van der Waals surface area (Å²) in [6.45, 7) is 0. The van der Waals surface area contributed by atoms with E-state index in [0.29, 0.717) is 4.53 Å². The van der Waals surface area contributed by atoms with Crippen molar-refractivity contribution in [2.24, 2.45) is 4.99 Å². The number of fused-ring (bicyclic) bond motifs is 1. The van der Waals surface area contributed by atoms with Crippen molar-refractivity contribution in [2.75, 3.05) is 38.0 Å². The molecular weight excluding hydrogens is 592 g/mol. The van der Waals surface area contributed by atoms with Crippen LogP contribution in [0.4, 0.5) is 11.4 Å². The molecule has 1 aliphatic carbocycles. The zero-order valence-electron chi connectivity index (χ0n) is 23.8. The lowest BCUT2D eigenvalue weighted by Gasteiger charge is -2.31. The molecule has 0 fully saturated rings. The van der Waals surface area contributed by atoms with E-state index < -0.39 is 0 Å². The quantitative estimate of drug-likeness (QED) is 0.259. The molecule has 2 aliphatic rings. The Morgan fingerprint density at radius 2 is 1.56 bits per heavy atom. The molecule has 4 aromatic rings. The van der Waals surface area contributed by atoms with Gasteiger partial charge < -0.3 is 9.80 Å². The monoisotopic (exact) mass is 624 g/mol. The SMILES string of the molecule is CN(C)c1ccc(/C=C2\CCCC3=C2N=c2s/c(=C/c4cccc(Br)c4)c(=O)n2[C@H]3c2ccc(N(C)C)cc2)cc1. The van der Waals surface area contributed by atoms with Gasteiger partial charge in [0.15, 0.2) is 4.80 Å². The molecule has 3 aromatic carbocycles. The number of anilines is 2. The van der Waals surface area contributed by atoms with E-state index in [0.717, 1.165) is 51.0 Å². The molecule has 41 heavy (non-hydrogen) atoms. The zero-order valence-corrected chi connectivity index (χ0v) is 26.2. The smallest absolute Gasteiger partial charge is 0.271 e. The second-order valence-corrected chi connectivity index (χ2v) is 12.9. The average Bonchev–Trinajstić information content (AvgIpc) is 3.26. The largest absolute Gasteiger partial charge is 0.378 e. The number of nitrogens with zero attached hydrogens (tertiary/aromatic N) is 4. The first-order valence-corrected chi connectivity index (χ1v) is 15.5. The minimum absolute atomic E-state index is 0.0114. The van der Waals surface area contributed by atoms with Crippen LogP contribution < -0.4 is 24.7 Å². The van der Waals surface area contributed by atoms with Crippen molar-refractivity contribution in [1.82, 2.24) is 4.57 Å². The fraction of sp³-hybridized carbons (Fsp3) is 0.235. The van der Waals surface area contributed by atoms with Crippen LogP contribution in [0.25, 0.3) is 12.2 Å². The van der Waals surface area contributed by atoms with Gasteiger partial charge in [-0.3, -0.25) is 9.36 Å². The van der Waals surface area contributed by atoms with Gasteiger partial charge >= 0.3 is 0 Å². The number of rotatable bonds is 5. The maximum absolute atomic E-state index is 14.0.